The van der Waals surface area contributed by atoms with E-state index in [-0.39, 0.29) is 0 Å². The first-order valence-corrected chi connectivity index (χ1v) is 7.93. The Balaban J connectivity index is 1.58. The number of hydrogen-bond acceptors (Lipinski definition) is 1. The Morgan fingerprint density at radius 1 is 1.21 bits per heavy atom. The predicted molar refractivity (Wildman–Crippen MR) is 81.2 cm³/mol. The maximum atomic E-state index is 3.79. The zero-order chi connectivity index (χ0) is 13.4. The summed E-state index contributed by atoms with van der Waals surface area (Å²) in [6, 6.07) is 7.46. The minimum atomic E-state index is 0.676. The van der Waals surface area contributed by atoms with Crippen LogP contribution in [0.2, 0.25) is 0 Å². The minimum absolute atomic E-state index is 0.676. The van der Waals surface area contributed by atoms with Crippen LogP contribution in [0.15, 0.2) is 18.2 Å². The third-order valence-electron chi connectivity index (χ3n) is 5.55. The van der Waals surface area contributed by atoms with E-state index in [1.54, 1.807) is 0 Å². The summed E-state index contributed by atoms with van der Waals surface area (Å²) in [5, 5.41) is 3.79. The van der Waals surface area contributed by atoms with E-state index < -0.39 is 0 Å². The normalized spacial score (nSPS) is 30.8. The van der Waals surface area contributed by atoms with Crippen molar-refractivity contribution >= 4 is 0 Å². The van der Waals surface area contributed by atoms with Gasteiger partial charge in [-0.3, -0.25) is 0 Å². The number of nitrogens with one attached hydrogen (secondary N) is 1. The van der Waals surface area contributed by atoms with Crippen LogP contribution < -0.4 is 5.32 Å². The van der Waals surface area contributed by atoms with Gasteiger partial charge in [0, 0.05) is 12.6 Å². The van der Waals surface area contributed by atoms with Crippen LogP contribution in [-0.2, 0) is 6.54 Å². The van der Waals surface area contributed by atoms with Crippen molar-refractivity contribution in [2.24, 2.45) is 17.8 Å². The van der Waals surface area contributed by atoms with Gasteiger partial charge in [-0.25, -0.2) is 0 Å². The summed E-state index contributed by atoms with van der Waals surface area (Å²) in [5.74, 6) is 3.01. The molecule has 1 aromatic carbocycles. The molecule has 0 aliphatic heterocycles. The van der Waals surface area contributed by atoms with Gasteiger partial charge < -0.3 is 5.32 Å². The molecule has 0 spiro atoms. The van der Waals surface area contributed by atoms with Crippen LogP contribution in [0.25, 0.3) is 0 Å². The van der Waals surface area contributed by atoms with Gasteiger partial charge in [-0.2, -0.15) is 0 Å². The lowest BCUT2D eigenvalue weighted by molar-refractivity contribution is 0.259. The molecule has 0 amide bonds. The van der Waals surface area contributed by atoms with Gasteiger partial charge in [-0.05, 0) is 68.9 Å². The molecular weight excluding hydrogens is 230 g/mol. The Morgan fingerprint density at radius 3 is 2.74 bits per heavy atom. The van der Waals surface area contributed by atoms with Crippen LogP contribution >= 0.6 is 0 Å². The van der Waals surface area contributed by atoms with Gasteiger partial charge in [0.2, 0.25) is 0 Å². The first kappa shape index (κ1) is 13.2. The maximum absolute atomic E-state index is 3.79. The van der Waals surface area contributed by atoms with E-state index in [0.717, 1.165) is 24.3 Å². The minimum Gasteiger partial charge on any atom is -0.310 e. The van der Waals surface area contributed by atoms with Crippen molar-refractivity contribution in [3.8, 4) is 0 Å². The predicted octanol–water partition coefficient (Wildman–Crippen LogP) is 4.22. The topological polar surface area (TPSA) is 12.0 Å². The van der Waals surface area contributed by atoms with Crippen molar-refractivity contribution in [1.29, 1.82) is 0 Å². The summed E-state index contributed by atoms with van der Waals surface area (Å²) in [6.45, 7) is 7.83. The van der Waals surface area contributed by atoms with E-state index in [9.17, 15) is 0 Å². The highest BCUT2D eigenvalue weighted by molar-refractivity contribution is 5.30. The van der Waals surface area contributed by atoms with E-state index in [1.165, 1.54) is 42.4 Å². The summed E-state index contributed by atoms with van der Waals surface area (Å²) in [4.78, 5) is 0. The average molecular weight is 257 g/mol. The second-order valence-corrected chi connectivity index (χ2v) is 6.94. The zero-order valence-electron chi connectivity index (χ0n) is 12.6. The number of aryl methyl sites for hydroxylation is 2. The molecule has 1 heteroatoms. The first-order chi connectivity index (χ1) is 9.13. The van der Waals surface area contributed by atoms with Crippen LogP contribution in [0.4, 0.5) is 0 Å². The molecule has 104 valence electrons. The standard InChI is InChI=1S/C18H27N/c1-12-4-5-13(2)17(8-12)11-19-14(3)18-10-15-6-7-16(18)9-15/h4-5,8,14-16,18-19H,6-7,9-11H2,1-3H3/t14-,15-,16-,18-/m0/s1. The van der Waals surface area contributed by atoms with Gasteiger partial charge in [-0.1, -0.05) is 30.2 Å². The number of benzene rings is 1. The SMILES string of the molecule is Cc1ccc(C)c(CN[C@@H](C)[C@@H]2C[C@H]3CC[C@H]2C3)c1. The van der Waals surface area contributed by atoms with Crippen LogP contribution in [0, 0.1) is 31.6 Å². The fraction of sp³-hybridized carbons (Fsp3) is 0.667. The third kappa shape index (κ3) is 2.72. The molecule has 0 saturated heterocycles. The molecule has 1 nitrogen and oxygen atoms in total. The largest absolute Gasteiger partial charge is 0.310 e. The van der Waals surface area contributed by atoms with E-state index in [0.29, 0.717) is 6.04 Å². The second kappa shape index (κ2) is 5.28. The highest BCUT2D eigenvalue weighted by atomic mass is 14.9. The molecule has 2 fully saturated rings. The van der Waals surface area contributed by atoms with Crippen molar-refractivity contribution in [3.63, 3.8) is 0 Å². The maximum Gasteiger partial charge on any atom is 0.0210 e. The second-order valence-electron chi connectivity index (χ2n) is 6.94. The van der Waals surface area contributed by atoms with Gasteiger partial charge in [-0.15, -0.1) is 0 Å². The van der Waals surface area contributed by atoms with Crippen molar-refractivity contribution in [1.82, 2.24) is 5.32 Å². The molecule has 0 heterocycles. The van der Waals surface area contributed by atoms with Crippen LogP contribution in [0.3, 0.4) is 0 Å². The lowest BCUT2D eigenvalue weighted by atomic mass is 9.84. The Morgan fingerprint density at radius 2 is 2.05 bits per heavy atom. The van der Waals surface area contributed by atoms with Crippen LogP contribution in [0.5, 0.6) is 0 Å². The Kier molecular flexibility index (Phi) is 3.66. The lowest BCUT2D eigenvalue weighted by Crippen LogP contribution is -2.36. The number of hydrogen-bond donors (Lipinski definition) is 1. The van der Waals surface area contributed by atoms with Crippen molar-refractivity contribution in [2.45, 2.75) is 59.0 Å². The first-order valence-electron chi connectivity index (χ1n) is 7.93. The monoisotopic (exact) mass is 257 g/mol. The molecule has 3 rings (SSSR count). The molecule has 2 aliphatic carbocycles. The molecule has 19 heavy (non-hydrogen) atoms. The van der Waals surface area contributed by atoms with Gasteiger partial charge in [0.25, 0.3) is 0 Å². The van der Waals surface area contributed by atoms with E-state index in [4.69, 9.17) is 0 Å². The summed E-state index contributed by atoms with van der Waals surface area (Å²) in [7, 11) is 0. The molecule has 0 aromatic heterocycles. The van der Waals surface area contributed by atoms with Gasteiger partial charge in [0.1, 0.15) is 0 Å². The lowest BCUT2D eigenvalue weighted by Gasteiger charge is -2.29. The quantitative estimate of drug-likeness (QED) is 0.851. The summed E-state index contributed by atoms with van der Waals surface area (Å²) >= 11 is 0. The Labute approximate surface area is 117 Å². The zero-order valence-corrected chi connectivity index (χ0v) is 12.6. The molecule has 1 N–H and O–H groups in total. The van der Waals surface area contributed by atoms with Crippen molar-refractivity contribution in [3.05, 3.63) is 34.9 Å². The molecule has 2 bridgehead atoms. The fourth-order valence-corrected chi connectivity index (χ4v) is 4.32. The summed E-state index contributed by atoms with van der Waals surface area (Å²) < 4.78 is 0. The highest BCUT2D eigenvalue weighted by Crippen LogP contribution is 2.49. The van der Waals surface area contributed by atoms with Gasteiger partial charge in [0.05, 0.1) is 0 Å². The Hall–Kier alpha value is -0.820. The Bertz CT molecular complexity index is 451. The molecule has 2 saturated carbocycles. The molecular formula is C18H27N. The van der Waals surface area contributed by atoms with E-state index >= 15 is 0 Å². The highest BCUT2D eigenvalue weighted by Gasteiger charge is 2.41. The fourth-order valence-electron chi connectivity index (χ4n) is 4.32. The van der Waals surface area contributed by atoms with Crippen LogP contribution in [-0.4, -0.2) is 6.04 Å². The summed E-state index contributed by atoms with van der Waals surface area (Å²) in [5.41, 5.74) is 4.25. The van der Waals surface area contributed by atoms with Crippen LogP contribution in [0.1, 0.15) is 49.3 Å². The number of fused-ring (bicyclic) bond motifs is 2. The average Bonchev–Trinajstić information content (AvgIpc) is 3.02. The molecule has 0 unspecified atom stereocenters. The molecule has 4 atom stereocenters. The van der Waals surface area contributed by atoms with Crippen molar-refractivity contribution < 1.29 is 0 Å². The molecule has 2 aliphatic rings. The van der Waals surface area contributed by atoms with E-state index in [2.05, 4.69) is 44.3 Å². The molecule has 1 aromatic rings. The van der Waals surface area contributed by atoms with Crippen molar-refractivity contribution in [2.75, 3.05) is 0 Å². The van der Waals surface area contributed by atoms with E-state index in [1.807, 2.05) is 0 Å². The van der Waals surface area contributed by atoms with Gasteiger partial charge >= 0.3 is 0 Å². The number of rotatable bonds is 4. The van der Waals surface area contributed by atoms with Gasteiger partial charge in [0.15, 0.2) is 0 Å². The molecule has 0 radical (unpaired) electrons. The summed E-state index contributed by atoms with van der Waals surface area (Å²) in [6.07, 6.45) is 5.99. The smallest absolute Gasteiger partial charge is 0.0210 e. The third-order valence-corrected chi connectivity index (χ3v) is 5.55.